The molecule has 8 unspecified atom stereocenters. The standard InChI is InChI=1S/C26H26F3NO2S.2C25H24F3NO2S.C15H20FNS.C11H13NS/c1-15-11-21-23(17-7-5-6-8-20(17)33-21)25(30(15)14-26(2,3)29)24-18(27)12-16(13-19(24)28)9-10-22(31)32-4;2*1-14-10-20-22(16-6-4-5-7-19(16)32-20)24(29(14)13-25(2,3)28)23-17(26)11-15(12-18(23)27)8-9-21(30)31;1-11(17-10-15(2,3)16)8-13-9-12-6-4-5-7-14(12)18-13;1-8(12)6-10-7-9-4-2-3-5-11(9)13-10/h5-10,12-13,15,25H,11,14H2,1-4H3;2*4-9,11-12,14,24H,10,13H2,1-3H3,(H,30,31);4-7,9,11,17H,8,10H2,1-3H3;2-5,7-8H,6,12H2,1H3/b10-9+;2*9-8+;;. The molecule has 13 aromatic rings. The van der Waals surface area contributed by atoms with Crippen molar-refractivity contribution in [3.05, 3.63) is 297 Å². The molecule has 0 bridgehead atoms. The first-order chi connectivity index (χ1) is 60.4. The number of hydrogen-bond donors (Lipinski definition) is 4. The second kappa shape index (κ2) is 41.2. The van der Waals surface area contributed by atoms with Gasteiger partial charge in [-0.1, -0.05) is 91.0 Å². The number of carboxylic acids is 2. The van der Waals surface area contributed by atoms with E-state index in [1.165, 1.54) is 96.8 Å². The normalized spacial score (nSPS) is 18.1. The van der Waals surface area contributed by atoms with Crippen LogP contribution in [0.3, 0.4) is 0 Å². The number of carbonyl (C=O) groups excluding carboxylic acids is 1. The number of carboxylic acid groups (broad SMARTS) is 2. The summed E-state index contributed by atoms with van der Waals surface area (Å²) in [5.41, 5.74) is 2.46. The number of nitrogens with two attached hydrogens (primary N) is 1. The second-order valence-electron chi connectivity index (χ2n) is 35.6. The first kappa shape index (κ1) is 97.4. The maximum Gasteiger partial charge on any atom is 0.330 e. The van der Waals surface area contributed by atoms with Gasteiger partial charge in [-0.25, -0.2) is 58.3 Å². The van der Waals surface area contributed by atoms with Crippen LogP contribution in [-0.2, 0) is 51.2 Å². The van der Waals surface area contributed by atoms with Crippen molar-refractivity contribution >= 4 is 143 Å². The van der Waals surface area contributed by atoms with E-state index in [1.54, 1.807) is 47.9 Å². The van der Waals surface area contributed by atoms with Crippen LogP contribution in [0, 0.1) is 34.9 Å². The number of thiophene rings is 5. The molecule has 26 heteroatoms. The zero-order chi connectivity index (χ0) is 92.8. The first-order valence-electron chi connectivity index (χ1n) is 42.4. The average molecular weight is 1850 g/mol. The van der Waals surface area contributed by atoms with Crippen molar-refractivity contribution in [2.45, 2.75) is 193 Å². The zero-order valence-corrected chi connectivity index (χ0v) is 78.0. The number of ether oxygens (including phenoxy) is 1. The minimum atomic E-state index is -1.56. The molecule has 11 nitrogen and oxygen atoms in total. The van der Waals surface area contributed by atoms with Crippen molar-refractivity contribution in [3.8, 4) is 0 Å². The van der Waals surface area contributed by atoms with Crippen LogP contribution in [-0.4, -0.2) is 129 Å². The summed E-state index contributed by atoms with van der Waals surface area (Å²) in [6, 6.07) is 49.4. The molecule has 5 aromatic heterocycles. The van der Waals surface area contributed by atoms with Gasteiger partial charge in [0.1, 0.15) is 57.6 Å². The third-order valence-electron chi connectivity index (χ3n) is 22.2. The van der Waals surface area contributed by atoms with E-state index in [0.717, 1.165) is 129 Å². The SMILES string of the molecule is CC(Cc1cc2ccccc2s1)NCC(C)(C)F.CC(N)Cc1cc2ccccc2s1.CC1Cc2sc3ccccc3c2C(c2c(F)cc(/C=C/C(=O)O)cc2F)N1CC(C)(C)F.CC1Cc2sc3ccccc3c2C(c2c(F)cc(/C=C/C(=O)O)cc2F)N1CC(C)(C)F.COC(=O)/C=C/c1cc(F)c(C2c3c(sc4ccccc34)CC(C)N2CC(C)(C)F)c(F)c1. The molecule has 0 saturated carbocycles. The van der Waals surface area contributed by atoms with Gasteiger partial charge in [0.15, 0.2) is 0 Å². The Hall–Kier alpha value is -9.71. The van der Waals surface area contributed by atoms with Crippen LogP contribution in [0.15, 0.2) is 188 Å². The summed E-state index contributed by atoms with van der Waals surface area (Å²) >= 11 is 8.51. The molecular formula is C102H107F10N5O6S5. The van der Waals surface area contributed by atoms with Crippen molar-refractivity contribution in [2.24, 2.45) is 5.73 Å². The Morgan fingerprint density at radius 3 is 1.00 bits per heavy atom. The van der Waals surface area contributed by atoms with Crippen LogP contribution < -0.4 is 11.1 Å². The fourth-order valence-corrected chi connectivity index (χ4v) is 23.4. The molecule has 0 fully saturated rings. The lowest BCUT2D eigenvalue weighted by atomic mass is 9.86. The van der Waals surface area contributed by atoms with Crippen molar-refractivity contribution in [1.29, 1.82) is 0 Å². The topological polar surface area (TPSA) is 149 Å². The molecule has 0 spiro atoms. The van der Waals surface area contributed by atoms with E-state index in [-0.39, 0.29) is 77.2 Å². The van der Waals surface area contributed by atoms with Gasteiger partial charge in [-0.15, -0.1) is 56.7 Å². The number of aliphatic carboxylic acids is 2. The maximum atomic E-state index is 15.5. The Labute approximate surface area is 760 Å². The number of benzene rings is 8. The highest BCUT2D eigenvalue weighted by Crippen LogP contribution is 2.52. The van der Waals surface area contributed by atoms with E-state index in [2.05, 4.69) is 77.6 Å². The van der Waals surface area contributed by atoms with Gasteiger partial charge in [-0.05, 0) is 280 Å². The van der Waals surface area contributed by atoms with E-state index >= 15 is 26.3 Å². The number of hydrogen-bond acceptors (Lipinski definition) is 14. The largest absolute Gasteiger partial charge is 0.478 e. The number of methoxy groups -OCH3 is 1. The number of alkyl halides is 4. The summed E-state index contributed by atoms with van der Waals surface area (Å²) < 4.78 is 161. The van der Waals surface area contributed by atoms with Crippen LogP contribution in [0.4, 0.5) is 43.9 Å². The van der Waals surface area contributed by atoms with Gasteiger partial charge in [-0.2, -0.15) is 0 Å². The summed E-state index contributed by atoms with van der Waals surface area (Å²) in [5.74, 6) is -7.62. The molecule has 128 heavy (non-hydrogen) atoms. The third-order valence-corrected chi connectivity index (χ3v) is 28.1. The number of halogens is 10. The van der Waals surface area contributed by atoms with Gasteiger partial charge < -0.3 is 26.0 Å². The Kier molecular flexibility index (Phi) is 31.3. The average Bonchev–Trinajstić information content (AvgIpc) is 1.58. The number of rotatable bonds is 22. The Morgan fingerprint density at radius 1 is 0.430 bits per heavy atom. The van der Waals surface area contributed by atoms with Gasteiger partial charge >= 0.3 is 17.9 Å². The van der Waals surface area contributed by atoms with E-state index in [0.29, 0.717) is 31.8 Å². The number of esters is 1. The molecule has 8 aromatic carbocycles. The van der Waals surface area contributed by atoms with E-state index in [1.807, 2.05) is 138 Å². The summed E-state index contributed by atoms with van der Waals surface area (Å²) in [6.07, 6.45) is 10.3. The maximum absolute atomic E-state index is 15.5. The minimum absolute atomic E-state index is 0.0159. The highest BCUT2D eigenvalue weighted by molar-refractivity contribution is 7.20. The Balaban J connectivity index is 0.000000150. The summed E-state index contributed by atoms with van der Waals surface area (Å²) in [4.78, 5) is 44.4. The molecule has 8 atom stereocenters. The Morgan fingerprint density at radius 2 is 0.719 bits per heavy atom. The number of nitrogens with one attached hydrogen (secondary N) is 1. The van der Waals surface area contributed by atoms with Gasteiger partial charge in [-0.3, -0.25) is 14.7 Å². The van der Waals surface area contributed by atoms with Crippen LogP contribution in [0.1, 0.15) is 183 Å². The lowest BCUT2D eigenvalue weighted by molar-refractivity contribution is -0.135. The zero-order valence-electron chi connectivity index (χ0n) is 73.9. The fraction of sp³-hybridized carbons (Fsp3) is 0.343. The predicted molar refractivity (Wildman–Crippen MR) is 507 cm³/mol. The molecule has 0 radical (unpaired) electrons. The molecule has 676 valence electrons. The smallest absolute Gasteiger partial charge is 0.330 e. The van der Waals surface area contributed by atoms with Crippen LogP contribution >= 0.6 is 56.7 Å². The van der Waals surface area contributed by atoms with Crippen LogP contribution in [0.25, 0.3) is 68.7 Å². The lowest BCUT2D eigenvalue weighted by Crippen LogP contribution is -2.47. The quantitative estimate of drug-likeness (QED) is 0.0292. The molecule has 3 aliphatic heterocycles. The van der Waals surface area contributed by atoms with Gasteiger partial charge in [0.05, 0.1) is 25.2 Å². The number of carbonyl (C=O) groups is 3. The molecule has 0 amide bonds. The molecule has 16 rings (SSSR count). The second-order valence-corrected chi connectivity index (χ2v) is 41.4. The summed E-state index contributed by atoms with van der Waals surface area (Å²) in [5, 5.41) is 26.3. The van der Waals surface area contributed by atoms with Crippen molar-refractivity contribution < 1.29 is 73.2 Å². The Bertz CT molecular complexity index is 5910. The van der Waals surface area contributed by atoms with Crippen LogP contribution in [0.5, 0.6) is 0 Å². The van der Waals surface area contributed by atoms with Crippen molar-refractivity contribution in [1.82, 2.24) is 20.0 Å². The van der Waals surface area contributed by atoms with Gasteiger partial charge in [0.2, 0.25) is 0 Å². The summed E-state index contributed by atoms with van der Waals surface area (Å²) in [6.45, 7) is 22.5. The number of nitrogens with zero attached hydrogens (tertiary/aromatic N) is 3. The molecular weight excluding hydrogens is 1740 g/mol. The van der Waals surface area contributed by atoms with Crippen molar-refractivity contribution in [2.75, 3.05) is 33.3 Å². The predicted octanol–water partition coefficient (Wildman–Crippen LogP) is 26.1. The number of fused-ring (bicyclic) bond motifs is 11. The summed E-state index contributed by atoms with van der Waals surface area (Å²) in [7, 11) is 1.23. The van der Waals surface area contributed by atoms with Gasteiger partial charge in [0.25, 0.3) is 0 Å². The first-order valence-corrected chi connectivity index (χ1v) is 46.5. The van der Waals surface area contributed by atoms with Crippen molar-refractivity contribution in [3.63, 3.8) is 0 Å². The van der Waals surface area contributed by atoms with E-state index in [4.69, 9.17) is 15.9 Å². The lowest BCUT2D eigenvalue weighted by Gasteiger charge is -2.43. The fourth-order valence-electron chi connectivity index (χ4n) is 16.9. The molecule has 5 N–H and O–H groups in total. The molecule has 3 aliphatic rings. The minimum Gasteiger partial charge on any atom is -0.478 e. The monoisotopic (exact) mass is 1850 g/mol. The van der Waals surface area contributed by atoms with Crippen LogP contribution in [0.2, 0.25) is 0 Å². The highest BCUT2D eigenvalue weighted by atomic mass is 32.1. The molecule has 8 heterocycles. The highest BCUT2D eigenvalue weighted by Gasteiger charge is 2.45. The van der Waals surface area contributed by atoms with Gasteiger partial charge in [0, 0.05) is 139 Å². The van der Waals surface area contributed by atoms with E-state index in [9.17, 15) is 31.9 Å². The third kappa shape index (κ3) is 24.5. The molecule has 0 saturated heterocycles. The molecule has 0 aliphatic carbocycles. The van der Waals surface area contributed by atoms with E-state index < -0.39 is 93.6 Å².